The molecule has 0 radical (unpaired) electrons. The van der Waals surface area contributed by atoms with Crippen LogP contribution in [-0.4, -0.2) is 19.1 Å². The smallest absolute Gasteiger partial charge is 0.387 e. The second-order valence-electron chi connectivity index (χ2n) is 6.86. The molecule has 1 N–H and O–H groups in total. The van der Waals surface area contributed by atoms with E-state index in [-0.39, 0.29) is 11.7 Å². The van der Waals surface area contributed by atoms with E-state index in [0.29, 0.717) is 30.6 Å². The summed E-state index contributed by atoms with van der Waals surface area (Å²) in [5.41, 5.74) is 4.49. The maximum Gasteiger partial charge on any atom is 0.387 e. The van der Waals surface area contributed by atoms with Crippen LogP contribution in [0.5, 0.6) is 5.75 Å². The summed E-state index contributed by atoms with van der Waals surface area (Å²) in [5.74, 6) is 0.437. The highest BCUT2D eigenvalue weighted by atomic mass is 19.3. The van der Waals surface area contributed by atoms with Crippen LogP contribution in [0.3, 0.4) is 0 Å². The fourth-order valence-corrected chi connectivity index (χ4v) is 3.48. The van der Waals surface area contributed by atoms with Crippen molar-refractivity contribution >= 4 is 11.6 Å². The maximum atomic E-state index is 12.5. The highest BCUT2D eigenvalue weighted by molar-refractivity contribution is 5.95. The van der Waals surface area contributed by atoms with Crippen LogP contribution in [0.2, 0.25) is 0 Å². The van der Waals surface area contributed by atoms with Crippen LogP contribution in [0.1, 0.15) is 35.1 Å². The summed E-state index contributed by atoms with van der Waals surface area (Å²) < 4.78 is 29.5. The van der Waals surface area contributed by atoms with Gasteiger partial charge in [-0.2, -0.15) is 8.78 Å². The summed E-state index contributed by atoms with van der Waals surface area (Å²) in [6, 6.07) is 11.7. The number of carbonyl (C=O) groups is 1. The monoisotopic (exact) mass is 374 g/mol. The fraction of sp³-hybridized carbons (Fsp3) is 0.381. The first kappa shape index (κ1) is 19.3. The van der Waals surface area contributed by atoms with Crippen LogP contribution >= 0.6 is 0 Å². The lowest BCUT2D eigenvalue weighted by molar-refractivity contribution is -0.117. The van der Waals surface area contributed by atoms with Crippen molar-refractivity contribution in [1.29, 1.82) is 0 Å². The number of halogens is 2. The minimum absolute atomic E-state index is 0.186. The average molecular weight is 374 g/mol. The number of ether oxygens (including phenoxy) is 1. The highest BCUT2D eigenvalue weighted by Gasteiger charge is 2.21. The SMILES string of the molecule is Cc1cc(CNCc2ccc(N3CCCC3=O)cc2)cc(C)c1OC(F)F. The second-order valence-corrected chi connectivity index (χ2v) is 6.86. The van der Waals surface area contributed by atoms with E-state index in [1.54, 1.807) is 13.8 Å². The second kappa shape index (κ2) is 8.48. The van der Waals surface area contributed by atoms with Gasteiger partial charge in [0.1, 0.15) is 5.75 Å². The quantitative estimate of drug-likeness (QED) is 0.785. The Balaban J connectivity index is 1.56. The third-order valence-electron chi connectivity index (χ3n) is 4.71. The van der Waals surface area contributed by atoms with Crippen molar-refractivity contribution in [2.75, 3.05) is 11.4 Å². The summed E-state index contributed by atoms with van der Waals surface area (Å²) in [7, 11) is 0. The molecular formula is C21H24F2N2O2. The number of hydrogen-bond donors (Lipinski definition) is 1. The molecule has 0 unspecified atom stereocenters. The molecule has 1 saturated heterocycles. The lowest BCUT2D eigenvalue weighted by Crippen LogP contribution is -2.23. The van der Waals surface area contributed by atoms with Crippen molar-refractivity contribution in [2.24, 2.45) is 0 Å². The Labute approximate surface area is 158 Å². The van der Waals surface area contributed by atoms with Crippen LogP contribution in [0.25, 0.3) is 0 Å². The molecule has 0 bridgehead atoms. The molecule has 1 heterocycles. The van der Waals surface area contributed by atoms with Gasteiger partial charge in [0.2, 0.25) is 5.91 Å². The van der Waals surface area contributed by atoms with Gasteiger partial charge in [-0.3, -0.25) is 4.79 Å². The summed E-state index contributed by atoms with van der Waals surface area (Å²) >= 11 is 0. The zero-order valence-corrected chi connectivity index (χ0v) is 15.6. The van der Waals surface area contributed by atoms with Crippen LogP contribution in [0.4, 0.5) is 14.5 Å². The van der Waals surface area contributed by atoms with Crippen molar-refractivity contribution in [1.82, 2.24) is 5.32 Å². The lowest BCUT2D eigenvalue weighted by atomic mass is 10.1. The normalized spacial score (nSPS) is 14.3. The van der Waals surface area contributed by atoms with Crippen molar-refractivity contribution in [3.05, 3.63) is 58.7 Å². The number of amides is 1. The van der Waals surface area contributed by atoms with Gasteiger partial charge in [0.25, 0.3) is 0 Å². The zero-order chi connectivity index (χ0) is 19.4. The Morgan fingerprint density at radius 3 is 2.26 bits per heavy atom. The zero-order valence-electron chi connectivity index (χ0n) is 15.6. The van der Waals surface area contributed by atoms with Gasteiger partial charge in [0.05, 0.1) is 0 Å². The predicted octanol–water partition coefficient (Wildman–Crippen LogP) is 4.32. The van der Waals surface area contributed by atoms with Gasteiger partial charge in [-0.25, -0.2) is 0 Å². The minimum atomic E-state index is -2.81. The maximum absolute atomic E-state index is 12.5. The Hall–Kier alpha value is -2.47. The molecule has 1 amide bonds. The molecule has 0 spiro atoms. The largest absolute Gasteiger partial charge is 0.434 e. The van der Waals surface area contributed by atoms with E-state index in [0.717, 1.165) is 29.8 Å². The summed E-state index contributed by atoms with van der Waals surface area (Å²) in [6.07, 6.45) is 1.55. The van der Waals surface area contributed by atoms with E-state index in [1.807, 2.05) is 41.3 Å². The Bertz CT molecular complexity index is 783. The number of rotatable bonds is 7. The number of benzene rings is 2. The van der Waals surface area contributed by atoms with Gasteiger partial charge in [0.15, 0.2) is 0 Å². The number of nitrogens with one attached hydrogen (secondary N) is 1. The Morgan fingerprint density at radius 1 is 1.07 bits per heavy atom. The van der Waals surface area contributed by atoms with Gasteiger partial charge in [-0.15, -0.1) is 0 Å². The molecule has 6 heteroatoms. The third kappa shape index (κ3) is 4.83. The van der Waals surface area contributed by atoms with E-state index in [9.17, 15) is 13.6 Å². The van der Waals surface area contributed by atoms with Gasteiger partial charge < -0.3 is 15.0 Å². The third-order valence-corrected chi connectivity index (χ3v) is 4.71. The van der Waals surface area contributed by atoms with Gasteiger partial charge >= 0.3 is 6.61 Å². The van der Waals surface area contributed by atoms with E-state index in [1.165, 1.54) is 0 Å². The van der Waals surface area contributed by atoms with Crippen LogP contribution < -0.4 is 15.0 Å². The molecule has 1 aliphatic rings. The first-order valence-corrected chi connectivity index (χ1v) is 9.09. The standard InChI is InChI=1S/C21H24F2N2O2/c1-14-10-17(11-15(2)20(14)27-21(22)23)13-24-12-16-5-7-18(8-6-16)25-9-3-4-19(25)26/h5-8,10-11,21,24H,3-4,9,12-13H2,1-2H3. The Morgan fingerprint density at radius 2 is 1.70 bits per heavy atom. The van der Waals surface area contributed by atoms with Crippen molar-refractivity contribution in [3.8, 4) is 5.75 Å². The van der Waals surface area contributed by atoms with Gasteiger partial charge in [0, 0.05) is 31.7 Å². The minimum Gasteiger partial charge on any atom is -0.434 e. The van der Waals surface area contributed by atoms with E-state index in [4.69, 9.17) is 0 Å². The molecule has 0 aliphatic carbocycles. The van der Waals surface area contributed by atoms with Crippen molar-refractivity contribution < 1.29 is 18.3 Å². The van der Waals surface area contributed by atoms with Crippen molar-refractivity contribution in [3.63, 3.8) is 0 Å². The predicted molar refractivity (Wildman–Crippen MR) is 101 cm³/mol. The number of alkyl halides is 2. The molecule has 0 atom stereocenters. The highest BCUT2D eigenvalue weighted by Crippen LogP contribution is 2.26. The number of aryl methyl sites for hydroxylation is 2. The molecule has 144 valence electrons. The fourth-order valence-electron chi connectivity index (χ4n) is 3.48. The molecule has 1 aliphatic heterocycles. The van der Waals surface area contributed by atoms with Crippen LogP contribution in [0, 0.1) is 13.8 Å². The topological polar surface area (TPSA) is 41.6 Å². The first-order valence-electron chi connectivity index (χ1n) is 9.09. The van der Waals surface area contributed by atoms with Crippen molar-refractivity contribution in [2.45, 2.75) is 46.4 Å². The molecule has 2 aromatic rings. The molecule has 0 aromatic heterocycles. The van der Waals surface area contributed by atoms with Gasteiger partial charge in [-0.1, -0.05) is 24.3 Å². The molecular weight excluding hydrogens is 350 g/mol. The summed E-state index contributed by atoms with van der Waals surface area (Å²) in [4.78, 5) is 13.6. The molecule has 3 rings (SSSR count). The molecule has 0 saturated carbocycles. The van der Waals surface area contributed by atoms with E-state index < -0.39 is 6.61 Å². The summed E-state index contributed by atoms with van der Waals surface area (Å²) in [5, 5.41) is 3.36. The number of hydrogen-bond acceptors (Lipinski definition) is 3. The van der Waals surface area contributed by atoms with E-state index >= 15 is 0 Å². The lowest BCUT2D eigenvalue weighted by Gasteiger charge is -2.16. The van der Waals surface area contributed by atoms with Crippen LogP contribution in [0.15, 0.2) is 36.4 Å². The molecule has 2 aromatic carbocycles. The van der Waals surface area contributed by atoms with E-state index in [2.05, 4.69) is 10.1 Å². The molecule has 27 heavy (non-hydrogen) atoms. The van der Waals surface area contributed by atoms with Crippen LogP contribution in [-0.2, 0) is 17.9 Å². The number of anilines is 1. The molecule has 4 nitrogen and oxygen atoms in total. The Kier molecular flexibility index (Phi) is 6.06. The van der Waals surface area contributed by atoms with Gasteiger partial charge in [-0.05, 0) is 54.7 Å². The average Bonchev–Trinajstić information content (AvgIpc) is 3.05. The number of carbonyl (C=O) groups excluding carboxylic acids is 1. The number of nitrogens with zero attached hydrogens (tertiary/aromatic N) is 1. The first-order chi connectivity index (χ1) is 12.9. The summed E-state index contributed by atoms with van der Waals surface area (Å²) in [6.45, 7) is 2.83. The molecule has 1 fully saturated rings.